The maximum Gasteiger partial charge on any atom is 0.354 e. The third-order valence-electron chi connectivity index (χ3n) is 1.84. The monoisotopic (exact) mass is 194 g/mol. The Morgan fingerprint density at radius 2 is 2.43 bits per heavy atom. The summed E-state index contributed by atoms with van der Waals surface area (Å²) in [6.07, 6.45) is 3.69. The zero-order valence-electron chi connectivity index (χ0n) is 8.16. The predicted octanol–water partition coefficient (Wildman–Crippen LogP) is 1.99. The first-order chi connectivity index (χ1) is 6.74. The van der Waals surface area contributed by atoms with Crippen LogP contribution in [0.2, 0.25) is 0 Å². The molecule has 0 aliphatic rings. The molecule has 0 saturated carbocycles. The van der Waals surface area contributed by atoms with Crippen molar-refractivity contribution in [1.29, 1.82) is 0 Å². The average Bonchev–Trinajstić information content (AvgIpc) is 2.19. The number of carboxylic acids is 1. The molecule has 0 aromatic carbocycles. The molecule has 0 bridgehead atoms. The van der Waals surface area contributed by atoms with Gasteiger partial charge in [-0.25, -0.2) is 9.78 Å². The predicted molar refractivity (Wildman–Crippen MR) is 54.6 cm³/mol. The van der Waals surface area contributed by atoms with E-state index in [0.717, 1.165) is 25.1 Å². The minimum atomic E-state index is -0.996. The van der Waals surface area contributed by atoms with Gasteiger partial charge in [0.25, 0.3) is 0 Å². The van der Waals surface area contributed by atoms with Crippen LogP contribution in [0.3, 0.4) is 0 Å². The van der Waals surface area contributed by atoms with Crippen LogP contribution in [0.1, 0.15) is 30.3 Å². The fourth-order valence-electron chi connectivity index (χ4n) is 1.07. The molecule has 14 heavy (non-hydrogen) atoms. The standard InChI is InChI=1S/C10H14N2O2/c1-2-3-5-11-8-4-6-12-9(7-8)10(13)14/h4,6-7H,2-3,5H2,1H3,(H,11,12)(H,13,14). The van der Waals surface area contributed by atoms with E-state index in [0.29, 0.717) is 0 Å². The summed E-state index contributed by atoms with van der Waals surface area (Å²) in [5.41, 5.74) is 0.886. The summed E-state index contributed by atoms with van der Waals surface area (Å²) < 4.78 is 0. The van der Waals surface area contributed by atoms with Crippen LogP contribution in [0.15, 0.2) is 18.3 Å². The lowest BCUT2D eigenvalue weighted by molar-refractivity contribution is 0.0690. The summed E-state index contributed by atoms with van der Waals surface area (Å²) in [4.78, 5) is 14.3. The SMILES string of the molecule is CCCCNc1ccnc(C(=O)O)c1. The lowest BCUT2D eigenvalue weighted by Gasteiger charge is -2.05. The van der Waals surface area contributed by atoms with Gasteiger partial charge in [0, 0.05) is 18.4 Å². The second-order valence-electron chi connectivity index (χ2n) is 3.02. The van der Waals surface area contributed by atoms with Gasteiger partial charge in [-0.3, -0.25) is 0 Å². The number of carboxylic acid groups (broad SMARTS) is 1. The number of aromatic nitrogens is 1. The highest BCUT2D eigenvalue weighted by atomic mass is 16.4. The molecule has 0 radical (unpaired) electrons. The minimum Gasteiger partial charge on any atom is -0.477 e. The van der Waals surface area contributed by atoms with E-state index in [1.165, 1.54) is 12.3 Å². The number of carbonyl (C=O) groups is 1. The van der Waals surface area contributed by atoms with E-state index in [9.17, 15) is 4.79 Å². The molecule has 1 heterocycles. The van der Waals surface area contributed by atoms with Gasteiger partial charge in [-0.15, -0.1) is 0 Å². The van der Waals surface area contributed by atoms with Gasteiger partial charge in [0.2, 0.25) is 0 Å². The van der Waals surface area contributed by atoms with Crippen molar-refractivity contribution in [2.24, 2.45) is 0 Å². The lowest BCUT2D eigenvalue weighted by atomic mass is 10.3. The summed E-state index contributed by atoms with van der Waals surface area (Å²) in [6, 6.07) is 3.31. The van der Waals surface area contributed by atoms with Crippen molar-refractivity contribution in [3.05, 3.63) is 24.0 Å². The Kier molecular flexibility index (Phi) is 3.91. The first-order valence-electron chi connectivity index (χ1n) is 4.67. The fourth-order valence-corrected chi connectivity index (χ4v) is 1.07. The number of nitrogens with zero attached hydrogens (tertiary/aromatic N) is 1. The molecule has 0 amide bonds. The molecule has 4 heteroatoms. The van der Waals surface area contributed by atoms with Crippen molar-refractivity contribution < 1.29 is 9.90 Å². The number of nitrogens with one attached hydrogen (secondary N) is 1. The molecule has 2 N–H and O–H groups in total. The van der Waals surface area contributed by atoms with Crippen LogP contribution < -0.4 is 5.32 Å². The Labute approximate surface area is 83.0 Å². The van der Waals surface area contributed by atoms with E-state index in [2.05, 4.69) is 17.2 Å². The number of pyridine rings is 1. The molecule has 0 fully saturated rings. The fraction of sp³-hybridized carbons (Fsp3) is 0.400. The second-order valence-corrected chi connectivity index (χ2v) is 3.02. The molecule has 4 nitrogen and oxygen atoms in total. The van der Waals surface area contributed by atoms with Crippen LogP contribution in [0, 0.1) is 0 Å². The zero-order valence-corrected chi connectivity index (χ0v) is 8.16. The number of hydrogen-bond donors (Lipinski definition) is 2. The molecule has 76 valence electrons. The molecule has 0 saturated heterocycles. The molecule has 1 rings (SSSR count). The summed E-state index contributed by atoms with van der Waals surface area (Å²) in [6.45, 7) is 2.97. The van der Waals surface area contributed by atoms with Crippen molar-refractivity contribution in [3.63, 3.8) is 0 Å². The smallest absolute Gasteiger partial charge is 0.354 e. The Hall–Kier alpha value is -1.58. The van der Waals surface area contributed by atoms with E-state index in [-0.39, 0.29) is 5.69 Å². The van der Waals surface area contributed by atoms with Crippen LogP contribution in [0.25, 0.3) is 0 Å². The van der Waals surface area contributed by atoms with Gasteiger partial charge in [0.1, 0.15) is 5.69 Å². The second kappa shape index (κ2) is 5.21. The van der Waals surface area contributed by atoms with Crippen molar-refractivity contribution in [2.75, 3.05) is 11.9 Å². The van der Waals surface area contributed by atoms with E-state index in [1.807, 2.05) is 0 Å². The maximum absolute atomic E-state index is 10.6. The molecule has 1 aromatic rings. The largest absolute Gasteiger partial charge is 0.477 e. The number of hydrogen-bond acceptors (Lipinski definition) is 3. The van der Waals surface area contributed by atoms with Gasteiger partial charge in [0.05, 0.1) is 0 Å². The third-order valence-corrected chi connectivity index (χ3v) is 1.84. The van der Waals surface area contributed by atoms with Crippen molar-refractivity contribution >= 4 is 11.7 Å². The number of aromatic carboxylic acids is 1. The number of unbranched alkanes of at least 4 members (excludes halogenated alkanes) is 1. The molecular formula is C10H14N2O2. The summed E-state index contributed by atoms with van der Waals surface area (Å²) in [5, 5.41) is 11.8. The Morgan fingerprint density at radius 1 is 1.64 bits per heavy atom. The quantitative estimate of drug-likeness (QED) is 0.704. The Morgan fingerprint density at radius 3 is 3.07 bits per heavy atom. The summed E-state index contributed by atoms with van der Waals surface area (Å²) in [7, 11) is 0. The van der Waals surface area contributed by atoms with Gasteiger partial charge in [-0.2, -0.15) is 0 Å². The van der Waals surface area contributed by atoms with E-state index in [4.69, 9.17) is 5.11 Å². The van der Waals surface area contributed by atoms with E-state index >= 15 is 0 Å². The minimum absolute atomic E-state index is 0.0755. The van der Waals surface area contributed by atoms with Crippen molar-refractivity contribution in [3.8, 4) is 0 Å². The molecular weight excluding hydrogens is 180 g/mol. The van der Waals surface area contributed by atoms with Gasteiger partial charge in [-0.1, -0.05) is 13.3 Å². The molecule has 0 unspecified atom stereocenters. The van der Waals surface area contributed by atoms with Crippen LogP contribution in [0.4, 0.5) is 5.69 Å². The van der Waals surface area contributed by atoms with Gasteiger partial charge in [-0.05, 0) is 18.6 Å². The molecule has 0 spiro atoms. The molecule has 0 aliphatic carbocycles. The summed E-state index contributed by atoms with van der Waals surface area (Å²) >= 11 is 0. The average molecular weight is 194 g/mol. The highest BCUT2D eigenvalue weighted by molar-refractivity contribution is 5.86. The van der Waals surface area contributed by atoms with Gasteiger partial charge in [0.15, 0.2) is 0 Å². The highest BCUT2D eigenvalue weighted by Crippen LogP contribution is 2.07. The van der Waals surface area contributed by atoms with Crippen molar-refractivity contribution in [1.82, 2.24) is 4.98 Å². The van der Waals surface area contributed by atoms with E-state index in [1.54, 1.807) is 6.07 Å². The van der Waals surface area contributed by atoms with Crippen LogP contribution in [-0.2, 0) is 0 Å². The van der Waals surface area contributed by atoms with Gasteiger partial charge < -0.3 is 10.4 Å². The molecule has 0 aliphatic heterocycles. The number of anilines is 1. The van der Waals surface area contributed by atoms with Crippen LogP contribution in [-0.4, -0.2) is 22.6 Å². The third kappa shape index (κ3) is 3.05. The van der Waals surface area contributed by atoms with Crippen LogP contribution in [0.5, 0.6) is 0 Å². The first kappa shape index (κ1) is 10.5. The molecule has 1 aromatic heterocycles. The Balaban J connectivity index is 2.59. The van der Waals surface area contributed by atoms with Crippen molar-refractivity contribution in [2.45, 2.75) is 19.8 Å². The lowest BCUT2D eigenvalue weighted by Crippen LogP contribution is -2.04. The van der Waals surface area contributed by atoms with Crippen LogP contribution >= 0.6 is 0 Å². The normalized spacial score (nSPS) is 9.79. The molecule has 0 atom stereocenters. The topological polar surface area (TPSA) is 62.2 Å². The van der Waals surface area contributed by atoms with E-state index < -0.39 is 5.97 Å². The van der Waals surface area contributed by atoms with Gasteiger partial charge >= 0.3 is 5.97 Å². The Bertz CT molecular complexity index is 313. The summed E-state index contributed by atoms with van der Waals surface area (Å²) in [5.74, 6) is -0.996. The maximum atomic E-state index is 10.6. The first-order valence-corrected chi connectivity index (χ1v) is 4.67. The highest BCUT2D eigenvalue weighted by Gasteiger charge is 2.03. The number of rotatable bonds is 5. The zero-order chi connectivity index (χ0) is 10.4.